The highest BCUT2D eigenvalue weighted by Crippen LogP contribution is 2.26. The van der Waals surface area contributed by atoms with E-state index < -0.39 is 0 Å². The van der Waals surface area contributed by atoms with Crippen LogP contribution in [0.4, 0.5) is 0 Å². The van der Waals surface area contributed by atoms with Crippen LogP contribution in [-0.4, -0.2) is 0 Å². The molecule has 2 atom stereocenters. The van der Waals surface area contributed by atoms with E-state index in [9.17, 15) is 0 Å². The van der Waals surface area contributed by atoms with E-state index in [1.165, 1.54) is 57.8 Å². The molecule has 21 heavy (non-hydrogen) atoms. The molecule has 0 heterocycles. The first-order chi connectivity index (χ1) is 10.3. The van der Waals surface area contributed by atoms with Crippen LogP contribution in [0.1, 0.15) is 69.9 Å². The fourth-order valence-electron chi connectivity index (χ4n) is 3.65. The Morgan fingerprint density at radius 1 is 0.952 bits per heavy atom. The molecule has 0 spiro atoms. The lowest BCUT2D eigenvalue weighted by Gasteiger charge is -2.23. The predicted octanol–water partition coefficient (Wildman–Crippen LogP) is 6.34. The third kappa shape index (κ3) is 5.34. The van der Waals surface area contributed by atoms with Crippen LogP contribution in [0, 0.1) is 11.8 Å². The van der Waals surface area contributed by atoms with Gasteiger partial charge in [0.1, 0.15) is 0 Å². The summed E-state index contributed by atoms with van der Waals surface area (Å²) >= 11 is 0. The Morgan fingerprint density at radius 2 is 1.76 bits per heavy atom. The van der Waals surface area contributed by atoms with Gasteiger partial charge in [0.2, 0.25) is 0 Å². The highest BCUT2D eigenvalue weighted by atomic mass is 14.2. The fourth-order valence-corrected chi connectivity index (χ4v) is 3.65. The molecule has 0 radical (unpaired) electrons. The first-order valence-corrected chi connectivity index (χ1v) is 9.05. The number of allylic oxidation sites excluding steroid dienone is 2. The molecule has 3 rings (SSSR count). The van der Waals surface area contributed by atoms with Crippen LogP contribution in [0.2, 0.25) is 0 Å². The Hall–Kier alpha value is -1.04. The highest BCUT2D eigenvalue weighted by Gasteiger charge is 2.15. The van der Waals surface area contributed by atoms with Gasteiger partial charge in [-0.05, 0) is 61.5 Å². The van der Waals surface area contributed by atoms with Crippen molar-refractivity contribution in [2.45, 2.75) is 71.6 Å². The molecule has 0 fully saturated rings. The molecule has 0 bridgehead atoms. The molecule has 0 aliphatic heterocycles. The van der Waals surface area contributed by atoms with E-state index >= 15 is 0 Å². The van der Waals surface area contributed by atoms with Crippen LogP contribution in [0.25, 0.3) is 0 Å². The molecule has 1 aromatic carbocycles. The highest BCUT2D eigenvalue weighted by molar-refractivity contribution is 5.29. The topological polar surface area (TPSA) is 0 Å². The summed E-state index contributed by atoms with van der Waals surface area (Å²) in [6, 6.07) is 8.89. The quantitative estimate of drug-likeness (QED) is 0.568. The summed E-state index contributed by atoms with van der Waals surface area (Å²) in [6.07, 6.45) is 16.9. The Kier molecular flexibility index (Phi) is 7.06. The second-order valence-electron chi connectivity index (χ2n) is 6.72. The maximum Gasteiger partial charge on any atom is -0.0248 e. The Morgan fingerprint density at radius 3 is 2.43 bits per heavy atom. The van der Waals surface area contributed by atoms with Crippen LogP contribution in [0.5, 0.6) is 0 Å². The molecule has 0 nitrogen and oxygen atoms in total. The first-order valence-electron chi connectivity index (χ1n) is 9.05. The molecule has 0 saturated heterocycles. The van der Waals surface area contributed by atoms with Gasteiger partial charge in [-0.25, -0.2) is 0 Å². The normalized spacial score (nSPS) is 23.9. The van der Waals surface area contributed by atoms with E-state index in [0.29, 0.717) is 0 Å². The summed E-state index contributed by atoms with van der Waals surface area (Å²) < 4.78 is 0. The molecule has 0 saturated carbocycles. The first kappa shape index (κ1) is 16.3. The number of aryl methyl sites for hydroxylation is 1. The van der Waals surface area contributed by atoms with Gasteiger partial charge in [-0.2, -0.15) is 0 Å². The minimum absolute atomic E-state index is 0.944. The van der Waals surface area contributed by atoms with E-state index in [-0.39, 0.29) is 0 Å². The third-order valence-electron chi connectivity index (χ3n) is 5.10. The van der Waals surface area contributed by atoms with Crippen molar-refractivity contribution in [3.05, 3.63) is 47.5 Å². The van der Waals surface area contributed by atoms with Crippen LogP contribution in [-0.2, 0) is 12.8 Å². The zero-order valence-electron chi connectivity index (χ0n) is 14.0. The van der Waals surface area contributed by atoms with Crippen molar-refractivity contribution in [3.8, 4) is 0 Å². The average molecular weight is 284 g/mol. The van der Waals surface area contributed by atoms with Crippen molar-refractivity contribution in [2.75, 3.05) is 0 Å². The van der Waals surface area contributed by atoms with Crippen LogP contribution in [0.3, 0.4) is 0 Å². The zero-order valence-corrected chi connectivity index (χ0v) is 14.0. The molecule has 116 valence electrons. The fraction of sp³-hybridized carbons (Fsp3) is 0.619. The van der Waals surface area contributed by atoms with E-state index in [1.807, 2.05) is 0 Å². The molecule has 1 aromatic rings. The van der Waals surface area contributed by atoms with Gasteiger partial charge in [-0.15, -0.1) is 0 Å². The van der Waals surface area contributed by atoms with E-state index in [2.05, 4.69) is 50.3 Å². The molecule has 0 amide bonds. The lowest BCUT2D eigenvalue weighted by molar-refractivity contribution is 0.441. The smallest absolute Gasteiger partial charge is 0.0248 e. The van der Waals surface area contributed by atoms with Crippen LogP contribution >= 0.6 is 0 Å². The molecule has 0 N–H and O–H groups in total. The molecule has 2 unspecified atom stereocenters. The van der Waals surface area contributed by atoms with E-state index in [0.717, 1.165) is 11.8 Å². The van der Waals surface area contributed by atoms with Crippen molar-refractivity contribution in [3.63, 3.8) is 0 Å². The van der Waals surface area contributed by atoms with Gasteiger partial charge in [-0.1, -0.05) is 69.5 Å². The van der Waals surface area contributed by atoms with Crippen molar-refractivity contribution >= 4 is 0 Å². The molecular formula is C21H32. The molecule has 2 aliphatic carbocycles. The third-order valence-corrected chi connectivity index (χ3v) is 5.10. The zero-order chi connectivity index (χ0) is 14.9. The van der Waals surface area contributed by atoms with Gasteiger partial charge in [-0.3, -0.25) is 0 Å². The molecular weight excluding hydrogens is 252 g/mol. The molecule has 0 aromatic heterocycles. The van der Waals surface area contributed by atoms with Crippen LogP contribution < -0.4 is 0 Å². The van der Waals surface area contributed by atoms with E-state index in [4.69, 9.17) is 0 Å². The number of rotatable bonds is 3. The monoisotopic (exact) mass is 284 g/mol. The summed E-state index contributed by atoms with van der Waals surface area (Å²) in [5.74, 6) is 1.96. The average Bonchev–Trinajstić information content (AvgIpc) is 2.56. The van der Waals surface area contributed by atoms with Crippen LogP contribution in [0.15, 0.2) is 36.4 Å². The predicted molar refractivity (Wildman–Crippen MR) is 93.6 cm³/mol. The van der Waals surface area contributed by atoms with Gasteiger partial charge >= 0.3 is 0 Å². The Labute approximate surface area is 131 Å². The number of hydrogen-bond acceptors (Lipinski definition) is 0. The summed E-state index contributed by atoms with van der Waals surface area (Å²) in [7, 11) is 0. The number of fused-ring (bicyclic) bond motifs is 1. The summed E-state index contributed by atoms with van der Waals surface area (Å²) in [6.45, 7) is 4.58. The SMILES string of the molecule is CCC1CCc2ccccc2C1.CCCC1CC=CCC1. The lowest BCUT2D eigenvalue weighted by Crippen LogP contribution is -2.12. The van der Waals surface area contributed by atoms with Crippen molar-refractivity contribution in [1.82, 2.24) is 0 Å². The lowest BCUT2D eigenvalue weighted by atomic mass is 9.83. The standard InChI is InChI=1S/C12H16.C9H16/c1-2-10-7-8-11-5-3-4-6-12(11)9-10;1-2-6-9-7-4-3-5-8-9/h3-6,10H,2,7-9H2,1H3;3-4,9H,2,5-8H2,1H3. The molecule has 2 aliphatic rings. The van der Waals surface area contributed by atoms with Gasteiger partial charge in [0, 0.05) is 0 Å². The maximum absolute atomic E-state index is 2.34. The maximum atomic E-state index is 2.34. The van der Waals surface area contributed by atoms with E-state index in [1.54, 1.807) is 11.1 Å². The number of benzene rings is 1. The largest absolute Gasteiger partial charge is 0.0885 e. The summed E-state index contributed by atoms with van der Waals surface area (Å²) in [4.78, 5) is 0. The van der Waals surface area contributed by atoms with Gasteiger partial charge < -0.3 is 0 Å². The minimum atomic E-state index is 0.944. The second kappa shape index (κ2) is 9.07. The Bertz CT molecular complexity index is 429. The number of hydrogen-bond donors (Lipinski definition) is 0. The minimum Gasteiger partial charge on any atom is -0.0885 e. The van der Waals surface area contributed by atoms with Crippen molar-refractivity contribution < 1.29 is 0 Å². The second-order valence-corrected chi connectivity index (χ2v) is 6.72. The van der Waals surface area contributed by atoms with Gasteiger partial charge in [0.25, 0.3) is 0 Å². The van der Waals surface area contributed by atoms with Crippen molar-refractivity contribution in [2.24, 2.45) is 11.8 Å². The summed E-state index contributed by atoms with van der Waals surface area (Å²) in [5.41, 5.74) is 3.18. The van der Waals surface area contributed by atoms with Gasteiger partial charge in [0.15, 0.2) is 0 Å². The Balaban J connectivity index is 0.000000161. The molecule has 0 heteroatoms. The van der Waals surface area contributed by atoms with Gasteiger partial charge in [0.05, 0.1) is 0 Å². The summed E-state index contributed by atoms with van der Waals surface area (Å²) in [5, 5.41) is 0. The van der Waals surface area contributed by atoms with Crippen molar-refractivity contribution in [1.29, 1.82) is 0 Å².